The molecule has 1 aliphatic rings. The molecular formula is C15H17ClN2OS3. The van der Waals surface area contributed by atoms with Crippen LogP contribution in [-0.4, -0.2) is 28.7 Å². The van der Waals surface area contributed by atoms with E-state index in [2.05, 4.69) is 10.2 Å². The van der Waals surface area contributed by atoms with Crippen molar-refractivity contribution >= 4 is 46.5 Å². The minimum atomic E-state index is 0.382. The molecule has 0 amide bonds. The van der Waals surface area contributed by atoms with E-state index in [1.807, 2.05) is 24.3 Å². The van der Waals surface area contributed by atoms with Crippen LogP contribution in [0.4, 0.5) is 0 Å². The van der Waals surface area contributed by atoms with Crippen LogP contribution < -0.4 is 0 Å². The summed E-state index contributed by atoms with van der Waals surface area (Å²) in [6.07, 6.45) is 4.03. The molecule has 3 nitrogen and oxygen atoms in total. The normalized spacial score (nSPS) is 18.5. The first-order valence-corrected chi connectivity index (χ1v) is 10.4. The Morgan fingerprint density at radius 3 is 2.64 bits per heavy atom. The minimum absolute atomic E-state index is 0.382. The van der Waals surface area contributed by atoms with Gasteiger partial charge in [-0.25, -0.2) is 0 Å². The van der Waals surface area contributed by atoms with Gasteiger partial charge in [-0.3, -0.25) is 0 Å². The van der Waals surface area contributed by atoms with Crippen LogP contribution in [0.3, 0.4) is 0 Å². The van der Waals surface area contributed by atoms with E-state index in [0.29, 0.717) is 6.10 Å². The molecule has 0 unspecified atom stereocenters. The number of ether oxygens (including phenoxy) is 1. The molecule has 0 N–H and O–H groups in total. The highest BCUT2D eigenvalue weighted by Gasteiger charge is 2.15. The molecule has 1 saturated heterocycles. The zero-order valence-corrected chi connectivity index (χ0v) is 15.2. The SMILES string of the molecule is Clc1ccc(CSc2nnc(SC[C@H]3CCCCO3)s2)cc1. The second-order valence-corrected chi connectivity index (χ2v) is 8.95. The molecule has 0 bridgehead atoms. The summed E-state index contributed by atoms with van der Waals surface area (Å²) < 4.78 is 7.79. The fourth-order valence-corrected chi connectivity index (χ4v) is 5.34. The van der Waals surface area contributed by atoms with Crippen LogP contribution >= 0.6 is 46.5 Å². The average molecular weight is 373 g/mol. The topological polar surface area (TPSA) is 35.0 Å². The minimum Gasteiger partial charge on any atom is -0.377 e. The van der Waals surface area contributed by atoms with Gasteiger partial charge in [0.25, 0.3) is 0 Å². The molecule has 0 spiro atoms. The van der Waals surface area contributed by atoms with E-state index in [-0.39, 0.29) is 0 Å². The van der Waals surface area contributed by atoms with Crippen molar-refractivity contribution in [1.82, 2.24) is 10.2 Å². The van der Waals surface area contributed by atoms with Gasteiger partial charge in [0.15, 0.2) is 8.68 Å². The number of aromatic nitrogens is 2. The summed E-state index contributed by atoms with van der Waals surface area (Å²) in [6.45, 7) is 0.906. The molecule has 1 aromatic carbocycles. The van der Waals surface area contributed by atoms with E-state index in [1.165, 1.54) is 24.8 Å². The zero-order chi connectivity index (χ0) is 15.2. The first-order valence-electron chi connectivity index (χ1n) is 7.25. The Kier molecular flexibility index (Phi) is 6.44. The Hall–Kier alpha value is -0.270. The smallest absolute Gasteiger partial charge is 0.175 e. The predicted molar refractivity (Wildman–Crippen MR) is 95.2 cm³/mol. The molecule has 22 heavy (non-hydrogen) atoms. The van der Waals surface area contributed by atoms with Crippen molar-refractivity contribution in [1.29, 1.82) is 0 Å². The van der Waals surface area contributed by atoms with E-state index in [4.69, 9.17) is 16.3 Å². The van der Waals surface area contributed by atoms with Gasteiger partial charge in [-0.1, -0.05) is 58.6 Å². The van der Waals surface area contributed by atoms with Crippen molar-refractivity contribution in [2.45, 2.75) is 39.8 Å². The number of hydrogen-bond acceptors (Lipinski definition) is 6. The Bertz CT molecular complexity index is 585. The summed E-state index contributed by atoms with van der Waals surface area (Å²) in [6, 6.07) is 7.94. The molecule has 1 fully saturated rings. The van der Waals surface area contributed by atoms with Crippen LogP contribution in [0.25, 0.3) is 0 Å². The summed E-state index contributed by atoms with van der Waals surface area (Å²) in [5.74, 6) is 1.87. The van der Waals surface area contributed by atoms with Gasteiger partial charge in [-0.05, 0) is 37.0 Å². The maximum atomic E-state index is 5.89. The highest BCUT2D eigenvalue weighted by atomic mass is 35.5. The fourth-order valence-electron chi connectivity index (χ4n) is 2.14. The number of halogens is 1. The van der Waals surface area contributed by atoms with Crippen LogP contribution in [-0.2, 0) is 10.5 Å². The zero-order valence-electron chi connectivity index (χ0n) is 12.0. The third-order valence-corrected chi connectivity index (χ3v) is 6.98. The van der Waals surface area contributed by atoms with Crippen molar-refractivity contribution in [3.05, 3.63) is 34.9 Å². The summed E-state index contributed by atoms with van der Waals surface area (Å²) in [5.41, 5.74) is 1.24. The summed E-state index contributed by atoms with van der Waals surface area (Å²) in [7, 11) is 0. The van der Waals surface area contributed by atoms with Crippen LogP contribution in [0.1, 0.15) is 24.8 Å². The molecule has 1 aliphatic heterocycles. The lowest BCUT2D eigenvalue weighted by Crippen LogP contribution is -2.21. The Morgan fingerprint density at radius 1 is 1.14 bits per heavy atom. The van der Waals surface area contributed by atoms with Crippen molar-refractivity contribution < 1.29 is 4.74 Å². The van der Waals surface area contributed by atoms with Gasteiger partial charge in [0.2, 0.25) is 0 Å². The Morgan fingerprint density at radius 2 is 1.91 bits per heavy atom. The predicted octanol–water partition coefficient (Wildman–Crippen LogP) is 5.15. The van der Waals surface area contributed by atoms with Crippen molar-refractivity contribution in [3.63, 3.8) is 0 Å². The first kappa shape index (κ1) is 16.6. The standard InChI is InChI=1S/C15H17ClN2OS3/c16-12-6-4-11(5-7-12)9-20-14-17-18-15(22-14)21-10-13-3-1-2-8-19-13/h4-7,13H,1-3,8-10H2/t13-/m1/s1. The molecule has 1 aromatic heterocycles. The number of nitrogens with zero attached hydrogens (tertiary/aromatic N) is 2. The van der Waals surface area contributed by atoms with E-state index in [9.17, 15) is 0 Å². The quantitative estimate of drug-likeness (QED) is 0.655. The second-order valence-electron chi connectivity index (χ2n) is 5.05. The number of hydrogen-bond donors (Lipinski definition) is 0. The fraction of sp³-hybridized carbons (Fsp3) is 0.467. The molecular weight excluding hydrogens is 356 g/mol. The molecule has 2 aromatic rings. The summed E-state index contributed by atoms with van der Waals surface area (Å²) >= 11 is 11.0. The monoisotopic (exact) mass is 372 g/mol. The largest absolute Gasteiger partial charge is 0.377 e. The van der Waals surface area contributed by atoms with Crippen molar-refractivity contribution in [3.8, 4) is 0 Å². The maximum Gasteiger partial charge on any atom is 0.175 e. The highest BCUT2D eigenvalue weighted by molar-refractivity contribution is 8.02. The summed E-state index contributed by atoms with van der Waals surface area (Å²) in [4.78, 5) is 0. The van der Waals surface area contributed by atoms with Gasteiger partial charge in [-0.15, -0.1) is 10.2 Å². The third-order valence-electron chi connectivity index (χ3n) is 3.33. The number of thioether (sulfide) groups is 2. The van der Waals surface area contributed by atoms with Crippen LogP contribution in [0.2, 0.25) is 5.02 Å². The van der Waals surface area contributed by atoms with Gasteiger partial charge in [0.05, 0.1) is 6.10 Å². The van der Waals surface area contributed by atoms with Gasteiger partial charge in [0, 0.05) is 23.1 Å². The van der Waals surface area contributed by atoms with Gasteiger partial charge in [0.1, 0.15) is 0 Å². The highest BCUT2D eigenvalue weighted by Crippen LogP contribution is 2.32. The molecule has 0 radical (unpaired) electrons. The van der Waals surface area contributed by atoms with E-state index >= 15 is 0 Å². The maximum absolute atomic E-state index is 5.89. The van der Waals surface area contributed by atoms with E-state index in [1.54, 1.807) is 34.9 Å². The summed E-state index contributed by atoms with van der Waals surface area (Å²) in [5, 5.41) is 9.29. The molecule has 3 rings (SSSR count). The molecule has 2 heterocycles. The second kappa shape index (κ2) is 8.55. The lowest BCUT2D eigenvalue weighted by atomic mass is 10.1. The molecule has 1 atom stereocenters. The Balaban J connectivity index is 1.45. The van der Waals surface area contributed by atoms with Crippen molar-refractivity contribution in [2.24, 2.45) is 0 Å². The number of benzene rings is 1. The number of rotatable bonds is 6. The van der Waals surface area contributed by atoms with Crippen LogP contribution in [0.5, 0.6) is 0 Å². The van der Waals surface area contributed by atoms with Crippen molar-refractivity contribution in [2.75, 3.05) is 12.4 Å². The van der Waals surface area contributed by atoms with Crippen LogP contribution in [0, 0.1) is 0 Å². The van der Waals surface area contributed by atoms with Crippen LogP contribution in [0.15, 0.2) is 32.9 Å². The molecule has 0 aliphatic carbocycles. The lowest BCUT2D eigenvalue weighted by molar-refractivity contribution is 0.0315. The molecule has 0 saturated carbocycles. The average Bonchev–Trinajstić information content (AvgIpc) is 3.01. The van der Waals surface area contributed by atoms with E-state index < -0.39 is 0 Å². The van der Waals surface area contributed by atoms with E-state index in [0.717, 1.165) is 31.8 Å². The van der Waals surface area contributed by atoms with Gasteiger partial charge in [-0.2, -0.15) is 0 Å². The van der Waals surface area contributed by atoms with Gasteiger partial charge >= 0.3 is 0 Å². The Labute approximate surface area is 148 Å². The van der Waals surface area contributed by atoms with Gasteiger partial charge < -0.3 is 4.74 Å². The molecule has 7 heteroatoms. The molecule has 118 valence electrons. The lowest BCUT2D eigenvalue weighted by Gasteiger charge is -2.21. The third kappa shape index (κ3) is 5.13. The first-order chi connectivity index (χ1) is 10.8.